The first kappa shape index (κ1) is 24.5. The van der Waals surface area contributed by atoms with Crippen molar-refractivity contribution in [2.75, 3.05) is 18.0 Å². The lowest BCUT2D eigenvalue weighted by Crippen LogP contribution is -2.58. The number of benzene rings is 1. The van der Waals surface area contributed by atoms with Crippen LogP contribution < -0.4 is 16.2 Å². The summed E-state index contributed by atoms with van der Waals surface area (Å²) >= 11 is 0. The van der Waals surface area contributed by atoms with Crippen molar-refractivity contribution in [3.05, 3.63) is 58.0 Å². The first-order valence-electron chi connectivity index (χ1n) is 12.1. The minimum atomic E-state index is -0.423. The molecule has 1 saturated heterocycles. The van der Waals surface area contributed by atoms with Crippen molar-refractivity contribution >= 4 is 22.6 Å². The Kier molecular flexibility index (Phi) is 6.94. The standard InChI is InChI=1S/C26H33N7O2/c1-5-20-15-33(22-13-24(34)30(4)23-16-31(12-11-27)29-25(22)23)21(6-2)14-32(20)17(3)18-7-9-19(10-8-18)26(28)35/h7-10,13,16-17,20-21H,5-6,12,14-15H2,1-4H3,(H2,28,35)/t17?,20-,21+/m1/s1. The largest absolute Gasteiger partial charge is 0.366 e. The molecule has 184 valence electrons. The molecule has 1 aliphatic heterocycles. The summed E-state index contributed by atoms with van der Waals surface area (Å²) in [6.45, 7) is 8.30. The summed E-state index contributed by atoms with van der Waals surface area (Å²) in [5.41, 5.74) is 9.29. The van der Waals surface area contributed by atoms with E-state index >= 15 is 0 Å². The molecule has 3 heterocycles. The van der Waals surface area contributed by atoms with Crippen LogP contribution in [-0.4, -0.2) is 50.3 Å². The number of anilines is 1. The zero-order valence-corrected chi connectivity index (χ0v) is 20.8. The van der Waals surface area contributed by atoms with Crippen molar-refractivity contribution in [3.63, 3.8) is 0 Å². The molecule has 1 amide bonds. The molecule has 3 atom stereocenters. The van der Waals surface area contributed by atoms with Crippen LogP contribution in [0.2, 0.25) is 0 Å². The van der Waals surface area contributed by atoms with Gasteiger partial charge in [-0.25, -0.2) is 0 Å². The zero-order valence-electron chi connectivity index (χ0n) is 20.8. The Balaban J connectivity index is 1.69. The van der Waals surface area contributed by atoms with Gasteiger partial charge in [-0.1, -0.05) is 26.0 Å². The molecule has 9 nitrogen and oxygen atoms in total. The second-order valence-electron chi connectivity index (χ2n) is 9.28. The number of rotatable bonds is 7. The van der Waals surface area contributed by atoms with Gasteiger partial charge in [-0.15, -0.1) is 0 Å². The lowest BCUT2D eigenvalue weighted by molar-refractivity contribution is 0.0996. The molecular weight excluding hydrogens is 442 g/mol. The molecule has 2 aromatic heterocycles. The molecule has 2 N–H and O–H groups in total. The Morgan fingerprint density at radius 3 is 2.49 bits per heavy atom. The number of nitrogens with two attached hydrogens (primary N) is 1. The molecule has 0 radical (unpaired) electrons. The van der Waals surface area contributed by atoms with Crippen LogP contribution in [0.1, 0.15) is 55.6 Å². The molecular formula is C26H33N7O2. The Hall–Kier alpha value is -3.64. The van der Waals surface area contributed by atoms with Crippen LogP contribution in [0.4, 0.5) is 5.69 Å². The van der Waals surface area contributed by atoms with E-state index in [1.54, 1.807) is 40.7 Å². The number of nitriles is 1. The number of fused-ring (bicyclic) bond motifs is 1. The number of aromatic nitrogens is 3. The van der Waals surface area contributed by atoms with Gasteiger partial charge in [-0.3, -0.25) is 19.2 Å². The Labute approximate surface area is 205 Å². The number of carbonyl (C=O) groups is 1. The number of carbonyl (C=O) groups excluding carboxylic acids is 1. The first-order chi connectivity index (χ1) is 16.8. The summed E-state index contributed by atoms with van der Waals surface area (Å²) in [5, 5.41) is 13.8. The van der Waals surface area contributed by atoms with Gasteiger partial charge >= 0.3 is 0 Å². The van der Waals surface area contributed by atoms with Gasteiger partial charge in [0, 0.05) is 49.9 Å². The average molecular weight is 476 g/mol. The highest BCUT2D eigenvalue weighted by atomic mass is 16.1. The molecule has 1 unspecified atom stereocenters. The second kappa shape index (κ2) is 9.92. The summed E-state index contributed by atoms with van der Waals surface area (Å²) < 4.78 is 3.19. The number of pyridine rings is 1. The Bertz CT molecular complexity index is 1320. The second-order valence-corrected chi connectivity index (χ2v) is 9.28. The molecule has 1 aliphatic rings. The highest BCUT2D eigenvalue weighted by molar-refractivity contribution is 5.92. The number of primary amides is 1. The van der Waals surface area contributed by atoms with Gasteiger partial charge in [0.2, 0.25) is 5.91 Å². The molecule has 1 fully saturated rings. The van der Waals surface area contributed by atoms with Crippen LogP contribution >= 0.6 is 0 Å². The summed E-state index contributed by atoms with van der Waals surface area (Å²) in [7, 11) is 1.74. The summed E-state index contributed by atoms with van der Waals surface area (Å²) in [4.78, 5) is 29.2. The zero-order chi connectivity index (χ0) is 25.3. The summed E-state index contributed by atoms with van der Waals surface area (Å²) in [6.07, 6.45) is 3.64. The Morgan fingerprint density at radius 2 is 1.89 bits per heavy atom. The number of aryl methyl sites for hydroxylation is 1. The maximum Gasteiger partial charge on any atom is 0.252 e. The molecule has 0 saturated carbocycles. The number of amides is 1. The van der Waals surface area contributed by atoms with Crippen LogP contribution in [0, 0.1) is 11.3 Å². The van der Waals surface area contributed by atoms with Crippen LogP contribution in [0.3, 0.4) is 0 Å². The van der Waals surface area contributed by atoms with Gasteiger partial charge < -0.3 is 15.2 Å². The minimum absolute atomic E-state index is 0.0859. The molecule has 4 rings (SSSR count). The smallest absolute Gasteiger partial charge is 0.252 e. The van der Waals surface area contributed by atoms with Crippen molar-refractivity contribution in [2.24, 2.45) is 12.8 Å². The third-order valence-electron chi connectivity index (χ3n) is 7.34. The predicted molar refractivity (Wildman–Crippen MR) is 136 cm³/mol. The van der Waals surface area contributed by atoms with E-state index in [4.69, 9.17) is 11.0 Å². The van der Waals surface area contributed by atoms with Gasteiger partial charge in [0.05, 0.1) is 23.5 Å². The van der Waals surface area contributed by atoms with Gasteiger partial charge in [0.1, 0.15) is 12.1 Å². The van der Waals surface area contributed by atoms with E-state index in [0.717, 1.165) is 48.2 Å². The van der Waals surface area contributed by atoms with E-state index in [-0.39, 0.29) is 30.2 Å². The van der Waals surface area contributed by atoms with Crippen molar-refractivity contribution < 1.29 is 4.79 Å². The lowest BCUT2D eigenvalue weighted by atomic mass is 9.96. The monoisotopic (exact) mass is 475 g/mol. The molecule has 9 heteroatoms. The molecule has 0 spiro atoms. The van der Waals surface area contributed by atoms with Crippen LogP contribution in [-0.2, 0) is 13.6 Å². The Morgan fingerprint density at radius 1 is 1.20 bits per heavy atom. The van der Waals surface area contributed by atoms with Crippen molar-refractivity contribution in [1.82, 2.24) is 19.2 Å². The highest BCUT2D eigenvalue weighted by Gasteiger charge is 2.36. The van der Waals surface area contributed by atoms with Crippen molar-refractivity contribution in [1.29, 1.82) is 5.26 Å². The molecule has 35 heavy (non-hydrogen) atoms. The average Bonchev–Trinajstić information content (AvgIpc) is 3.29. The predicted octanol–water partition coefficient (Wildman–Crippen LogP) is 2.80. The fraction of sp³-hybridized carbons (Fsp3) is 0.462. The molecule has 1 aromatic carbocycles. The number of nitrogens with zero attached hydrogens (tertiary/aromatic N) is 6. The summed E-state index contributed by atoms with van der Waals surface area (Å²) in [6, 6.07) is 12.0. The van der Waals surface area contributed by atoms with Crippen LogP contribution in [0.25, 0.3) is 11.0 Å². The SMILES string of the molecule is CC[C@H]1CN(C(C)c2ccc(C(N)=O)cc2)[C@H](CC)CN1c1cc(=O)n(C)c2cn(CC#N)nc12. The van der Waals surface area contributed by atoms with Crippen molar-refractivity contribution in [3.8, 4) is 6.07 Å². The van der Waals surface area contributed by atoms with Gasteiger partial charge in [-0.2, -0.15) is 10.4 Å². The third-order valence-corrected chi connectivity index (χ3v) is 7.34. The van der Waals surface area contributed by atoms with Gasteiger partial charge in [0.25, 0.3) is 5.56 Å². The topological polar surface area (TPSA) is 113 Å². The van der Waals surface area contributed by atoms with E-state index in [2.05, 4.69) is 41.7 Å². The van der Waals surface area contributed by atoms with E-state index in [1.807, 2.05) is 12.1 Å². The number of piperazine rings is 1. The first-order valence-corrected chi connectivity index (χ1v) is 12.1. The number of hydrogen-bond acceptors (Lipinski definition) is 6. The van der Waals surface area contributed by atoms with Crippen LogP contribution in [0.15, 0.2) is 41.3 Å². The quantitative estimate of drug-likeness (QED) is 0.562. The minimum Gasteiger partial charge on any atom is -0.366 e. The van der Waals surface area contributed by atoms with Crippen LogP contribution in [0.5, 0.6) is 0 Å². The van der Waals surface area contributed by atoms with E-state index in [1.165, 1.54) is 0 Å². The fourth-order valence-corrected chi connectivity index (χ4v) is 5.18. The molecule has 0 aliphatic carbocycles. The van der Waals surface area contributed by atoms with E-state index < -0.39 is 5.91 Å². The number of hydrogen-bond donors (Lipinski definition) is 1. The van der Waals surface area contributed by atoms with Gasteiger partial charge in [-0.05, 0) is 37.5 Å². The van der Waals surface area contributed by atoms with E-state index in [0.29, 0.717) is 5.56 Å². The lowest BCUT2D eigenvalue weighted by Gasteiger charge is -2.49. The van der Waals surface area contributed by atoms with Gasteiger partial charge in [0.15, 0.2) is 0 Å². The molecule has 3 aromatic rings. The maximum absolute atomic E-state index is 12.8. The third kappa shape index (κ3) is 4.54. The normalized spacial score (nSPS) is 19.6. The fourth-order valence-electron chi connectivity index (χ4n) is 5.18. The highest BCUT2D eigenvalue weighted by Crippen LogP contribution is 2.34. The maximum atomic E-state index is 12.8. The van der Waals surface area contributed by atoms with Crippen molar-refractivity contribution in [2.45, 2.75) is 58.3 Å². The van der Waals surface area contributed by atoms with E-state index in [9.17, 15) is 9.59 Å². The summed E-state index contributed by atoms with van der Waals surface area (Å²) in [5.74, 6) is -0.423. The molecule has 0 bridgehead atoms.